The van der Waals surface area contributed by atoms with Gasteiger partial charge in [-0.1, -0.05) is 0 Å². The number of aromatic nitrogens is 4. The minimum atomic E-state index is -0.671. The molecule has 7 nitrogen and oxygen atoms in total. The van der Waals surface area contributed by atoms with Gasteiger partial charge in [-0.15, -0.1) is 0 Å². The lowest BCUT2D eigenvalue weighted by Gasteiger charge is -2.20. The Morgan fingerprint density at radius 3 is 3.06 bits per heavy atom. The molecule has 1 atom stereocenters. The minimum absolute atomic E-state index is 0.211. The van der Waals surface area contributed by atoms with Crippen molar-refractivity contribution >= 4 is 22.8 Å². The third-order valence-corrected chi connectivity index (χ3v) is 3.06. The van der Waals surface area contributed by atoms with Crippen molar-refractivity contribution in [2.24, 2.45) is 0 Å². The van der Waals surface area contributed by atoms with E-state index >= 15 is 0 Å². The second-order valence-electron chi connectivity index (χ2n) is 4.71. The highest BCUT2D eigenvalue weighted by Gasteiger charge is 2.33. The zero-order valence-electron chi connectivity index (χ0n) is 9.51. The van der Waals surface area contributed by atoms with E-state index in [1.807, 2.05) is 11.8 Å². The number of β-amino-alcohol motifs (C(OH)–C–C–N with tert-alkyl or cyclic N) is 1. The number of aliphatic hydroxyl groups is 1. The molecule has 7 heteroatoms. The third-order valence-electron chi connectivity index (χ3n) is 3.06. The molecule has 17 heavy (non-hydrogen) atoms. The molecular formula is C10H14N6O. The normalized spacial score (nSPS) is 24.7. The van der Waals surface area contributed by atoms with Gasteiger partial charge in [0.1, 0.15) is 5.82 Å². The van der Waals surface area contributed by atoms with Crippen LogP contribution in [0.4, 0.5) is 11.8 Å². The van der Waals surface area contributed by atoms with Crippen molar-refractivity contribution in [2.45, 2.75) is 18.9 Å². The summed E-state index contributed by atoms with van der Waals surface area (Å²) in [7, 11) is 0. The second-order valence-corrected chi connectivity index (χ2v) is 4.71. The standard InChI is InChI=1S/C10H14N6O/c1-10(17)2-3-16(5-10)8-6-4-12-15-7(6)13-9(11)14-8/h4,17H,2-3,5H2,1H3,(H3,11,12,13,14,15)/t10-/m0/s1. The molecule has 0 spiro atoms. The van der Waals surface area contributed by atoms with E-state index in [2.05, 4.69) is 20.2 Å². The van der Waals surface area contributed by atoms with Crippen LogP contribution in [0.5, 0.6) is 0 Å². The van der Waals surface area contributed by atoms with Gasteiger partial charge in [0.25, 0.3) is 0 Å². The van der Waals surface area contributed by atoms with Crippen LogP contribution in [0.3, 0.4) is 0 Å². The van der Waals surface area contributed by atoms with Gasteiger partial charge in [-0.3, -0.25) is 5.10 Å². The number of H-pyrrole nitrogens is 1. The highest BCUT2D eigenvalue weighted by Crippen LogP contribution is 2.29. The van der Waals surface area contributed by atoms with E-state index in [0.717, 1.165) is 24.2 Å². The topological polar surface area (TPSA) is 104 Å². The molecule has 1 saturated heterocycles. The summed E-state index contributed by atoms with van der Waals surface area (Å²) >= 11 is 0. The summed E-state index contributed by atoms with van der Waals surface area (Å²) in [5, 5.41) is 17.5. The number of hydrogen-bond donors (Lipinski definition) is 3. The van der Waals surface area contributed by atoms with E-state index in [4.69, 9.17) is 5.73 Å². The van der Waals surface area contributed by atoms with Crippen molar-refractivity contribution in [1.82, 2.24) is 20.2 Å². The van der Waals surface area contributed by atoms with Crippen LogP contribution in [-0.2, 0) is 0 Å². The number of nitrogen functional groups attached to an aromatic ring is 1. The van der Waals surface area contributed by atoms with Gasteiger partial charge in [0.15, 0.2) is 5.65 Å². The van der Waals surface area contributed by atoms with Gasteiger partial charge < -0.3 is 15.7 Å². The average molecular weight is 234 g/mol. The molecule has 1 aliphatic rings. The number of hydrogen-bond acceptors (Lipinski definition) is 6. The lowest BCUT2D eigenvalue weighted by molar-refractivity contribution is 0.0839. The number of nitrogens with two attached hydrogens (primary N) is 1. The Balaban J connectivity index is 2.08. The van der Waals surface area contributed by atoms with E-state index in [0.29, 0.717) is 12.2 Å². The quantitative estimate of drug-likeness (QED) is 0.636. The number of nitrogens with zero attached hydrogens (tertiary/aromatic N) is 4. The van der Waals surface area contributed by atoms with Crippen LogP contribution in [0.1, 0.15) is 13.3 Å². The van der Waals surface area contributed by atoms with Crippen LogP contribution in [0.15, 0.2) is 6.20 Å². The smallest absolute Gasteiger partial charge is 0.224 e. The number of fused-ring (bicyclic) bond motifs is 1. The SMILES string of the molecule is C[C@]1(O)CCN(c2nc(N)nc3[nH]ncc23)C1. The van der Waals surface area contributed by atoms with Gasteiger partial charge in [0.05, 0.1) is 17.2 Å². The molecule has 3 rings (SSSR count). The van der Waals surface area contributed by atoms with Crippen molar-refractivity contribution in [3.8, 4) is 0 Å². The molecule has 3 heterocycles. The van der Waals surface area contributed by atoms with Gasteiger partial charge in [-0.2, -0.15) is 15.1 Å². The Morgan fingerprint density at radius 2 is 2.35 bits per heavy atom. The Labute approximate surface area is 97.7 Å². The van der Waals surface area contributed by atoms with Crippen LogP contribution in [0.25, 0.3) is 11.0 Å². The van der Waals surface area contributed by atoms with E-state index in [9.17, 15) is 5.11 Å². The van der Waals surface area contributed by atoms with Crippen molar-refractivity contribution in [2.75, 3.05) is 23.7 Å². The Morgan fingerprint density at radius 1 is 1.53 bits per heavy atom. The Kier molecular flexibility index (Phi) is 1.99. The largest absolute Gasteiger partial charge is 0.388 e. The maximum atomic E-state index is 9.98. The number of anilines is 2. The van der Waals surface area contributed by atoms with E-state index < -0.39 is 5.60 Å². The van der Waals surface area contributed by atoms with E-state index in [1.165, 1.54) is 0 Å². The first-order valence-corrected chi connectivity index (χ1v) is 5.49. The van der Waals surface area contributed by atoms with Crippen LogP contribution < -0.4 is 10.6 Å². The second kappa shape index (κ2) is 3.30. The molecule has 0 saturated carbocycles. The first kappa shape index (κ1) is 10.3. The molecule has 0 aromatic carbocycles. The number of nitrogens with one attached hydrogen (secondary N) is 1. The fourth-order valence-corrected chi connectivity index (χ4v) is 2.20. The van der Waals surface area contributed by atoms with Crippen LogP contribution in [0, 0.1) is 0 Å². The molecule has 1 fully saturated rings. The molecule has 0 amide bonds. The van der Waals surface area contributed by atoms with Gasteiger partial charge in [0, 0.05) is 13.1 Å². The highest BCUT2D eigenvalue weighted by molar-refractivity contribution is 5.87. The van der Waals surface area contributed by atoms with Gasteiger partial charge in [-0.05, 0) is 13.3 Å². The maximum Gasteiger partial charge on any atom is 0.224 e. The molecule has 0 unspecified atom stereocenters. The summed E-state index contributed by atoms with van der Waals surface area (Å²) in [6.45, 7) is 3.12. The summed E-state index contributed by atoms with van der Waals surface area (Å²) in [5.74, 6) is 0.947. The summed E-state index contributed by atoms with van der Waals surface area (Å²) < 4.78 is 0. The zero-order chi connectivity index (χ0) is 12.0. The first-order valence-electron chi connectivity index (χ1n) is 5.49. The lowest BCUT2D eigenvalue weighted by Crippen LogP contribution is -2.30. The van der Waals surface area contributed by atoms with E-state index in [1.54, 1.807) is 6.20 Å². The molecule has 2 aromatic rings. The van der Waals surface area contributed by atoms with Crippen molar-refractivity contribution in [3.05, 3.63) is 6.20 Å². The molecular weight excluding hydrogens is 220 g/mol. The number of aromatic amines is 1. The monoisotopic (exact) mass is 234 g/mol. The zero-order valence-corrected chi connectivity index (χ0v) is 9.51. The first-order chi connectivity index (χ1) is 8.05. The molecule has 2 aromatic heterocycles. The third kappa shape index (κ3) is 1.68. The fraction of sp³-hybridized carbons (Fsp3) is 0.500. The predicted octanol–water partition coefficient (Wildman–Crippen LogP) is -0.104. The lowest BCUT2D eigenvalue weighted by atomic mass is 10.1. The predicted molar refractivity (Wildman–Crippen MR) is 63.5 cm³/mol. The molecule has 0 bridgehead atoms. The summed E-state index contributed by atoms with van der Waals surface area (Å²) in [6, 6.07) is 0. The van der Waals surface area contributed by atoms with Crippen molar-refractivity contribution < 1.29 is 5.11 Å². The summed E-state index contributed by atoms with van der Waals surface area (Å²) in [6.07, 6.45) is 2.40. The highest BCUT2D eigenvalue weighted by atomic mass is 16.3. The molecule has 4 N–H and O–H groups in total. The summed E-state index contributed by atoms with van der Waals surface area (Å²) in [5.41, 5.74) is 5.61. The van der Waals surface area contributed by atoms with Crippen molar-refractivity contribution in [3.63, 3.8) is 0 Å². The van der Waals surface area contributed by atoms with Gasteiger partial charge >= 0.3 is 0 Å². The van der Waals surface area contributed by atoms with E-state index in [-0.39, 0.29) is 5.95 Å². The molecule has 1 aliphatic heterocycles. The molecule has 0 radical (unpaired) electrons. The molecule has 90 valence electrons. The van der Waals surface area contributed by atoms with Crippen molar-refractivity contribution in [1.29, 1.82) is 0 Å². The summed E-state index contributed by atoms with van der Waals surface area (Å²) in [4.78, 5) is 10.3. The Bertz CT molecular complexity index is 563. The molecule has 0 aliphatic carbocycles. The van der Waals surface area contributed by atoms with Gasteiger partial charge in [0.2, 0.25) is 5.95 Å². The number of rotatable bonds is 1. The Hall–Kier alpha value is -1.89. The average Bonchev–Trinajstić information content (AvgIpc) is 2.82. The fourth-order valence-electron chi connectivity index (χ4n) is 2.20. The van der Waals surface area contributed by atoms with Crippen LogP contribution in [-0.4, -0.2) is 44.0 Å². The minimum Gasteiger partial charge on any atom is -0.388 e. The van der Waals surface area contributed by atoms with Gasteiger partial charge in [-0.25, -0.2) is 0 Å². The van der Waals surface area contributed by atoms with Crippen LogP contribution in [0.2, 0.25) is 0 Å². The maximum absolute atomic E-state index is 9.98. The van der Waals surface area contributed by atoms with Crippen LogP contribution >= 0.6 is 0 Å².